The van der Waals surface area contributed by atoms with E-state index in [1.54, 1.807) is 0 Å². The van der Waals surface area contributed by atoms with Crippen LogP contribution in [-0.4, -0.2) is 22.1 Å². The number of benzene rings is 1. The molecule has 1 saturated carbocycles. The fraction of sp³-hybridized carbons (Fsp3) is 0.412. The van der Waals surface area contributed by atoms with Crippen molar-refractivity contribution >= 4 is 5.91 Å². The van der Waals surface area contributed by atoms with Crippen molar-refractivity contribution in [1.29, 1.82) is 0 Å². The summed E-state index contributed by atoms with van der Waals surface area (Å²) >= 11 is 0. The average Bonchev–Trinajstić information content (AvgIpc) is 2.92. The molecule has 1 heterocycles. The fourth-order valence-electron chi connectivity index (χ4n) is 2.47. The molecule has 0 bridgehead atoms. The van der Waals surface area contributed by atoms with E-state index in [1.807, 2.05) is 31.2 Å². The lowest BCUT2D eigenvalue weighted by Crippen LogP contribution is -2.41. The van der Waals surface area contributed by atoms with Crippen molar-refractivity contribution in [3.05, 3.63) is 41.8 Å². The number of aliphatic hydroxyl groups is 1. The summed E-state index contributed by atoms with van der Waals surface area (Å²) in [5, 5.41) is 12.6. The summed E-state index contributed by atoms with van der Waals surface area (Å²) in [5.41, 5.74) is 2.72. The third-order valence-electron chi connectivity index (χ3n) is 4.16. The molecule has 0 spiro atoms. The van der Waals surface area contributed by atoms with E-state index in [1.165, 1.54) is 11.8 Å². The van der Waals surface area contributed by atoms with Gasteiger partial charge < -0.3 is 14.8 Å². The summed E-state index contributed by atoms with van der Waals surface area (Å²) < 4.78 is 5.44. The Kier molecular flexibility index (Phi) is 4.24. The van der Waals surface area contributed by atoms with Gasteiger partial charge in [0.15, 0.2) is 0 Å². The molecule has 1 aromatic carbocycles. The number of nitrogens with zero attached hydrogens (tertiary/aromatic N) is 1. The number of hydrogen-bond acceptors (Lipinski definition) is 4. The maximum Gasteiger partial charge on any atom is 0.249 e. The second-order valence-corrected chi connectivity index (χ2v) is 5.86. The molecular weight excluding hydrogens is 280 g/mol. The topological polar surface area (TPSA) is 75.4 Å². The van der Waals surface area contributed by atoms with Crippen molar-refractivity contribution in [2.24, 2.45) is 5.92 Å². The van der Waals surface area contributed by atoms with Gasteiger partial charge in [0.05, 0.1) is 12.2 Å². The first-order valence-corrected chi connectivity index (χ1v) is 7.61. The summed E-state index contributed by atoms with van der Waals surface area (Å²) in [5.74, 6) is 0.314. The van der Waals surface area contributed by atoms with E-state index >= 15 is 0 Å². The molecule has 22 heavy (non-hydrogen) atoms. The summed E-state index contributed by atoms with van der Waals surface area (Å²) in [6.07, 6.45) is 3.58. The molecule has 1 aliphatic rings. The minimum absolute atomic E-state index is 0.112. The molecule has 116 valence electrons. The molecule has 0 saturated heterocycles. The van der Waals surface area contributed by atoms with Crippen LogP contribution in [0.5, 0.6) is 0 Å². The summed E-state index contributed by atoms with van der Waals surface area (Å²) in [6.45, 7) is 2.28. The normalized spacial score (nSPS) is 16.1. The van der Waals surface area contributed by atoms with Crippen LogP contribution in [0.2, 0.25) is 0 Å². The highest BCUT2D eigenvalue weighted by atomic mass is 16.3. The van der Waals surface area contributed by atoms with Gasteiger partial charge in [-0.15, -0.1) is 0 Å². The van der Waals surface area contributed by atoms with E-state index in [0.29, 0.717) is 11.6 Å². The van der Waals surface area contributed by atoms with Crippen molar-refractivity contribution in [3.63, 3.8) is 0 Å². The van der Waals surface area contributed by atoms with Crippen LogP contribution in [-0.2, 0) is 11.3 Å². The third-order valence-corrected chi connectivity index (χ3v) is 4.16. The van der Waals surface area contributed by atoms with E-state index in [-0.39, 0.29) is 18.4 Å². The molecule has 5 heteroatoms. The van der Waals surface area contributed by atoms with Crippen LogP contribution in [0, 0.1) is 12.8 Å². The number of rotatable bonds is 5. The number of oxazole rings is 1. The average molecular weight is 300 g/mol. The van der Waals surface area contributed by atoms with E-state index in [0.717, 1.165) is 24.8 Å². The lowest BCUT2D eigenvalue weighted by Gasteiger charge is -2.29. The molecule has 0 radical (unpaired) electrons. The molecule has 1 fully saturated rings. The Labute approximate surface area is 129 Å². The van der Waals surface area contributed by atoms with Crippen molar-refractivity contribution in [2.75, 3.05) is 0 Å². The predicted octanol–water partition coefficient (Wildman–Crippen LogP) is 2.43. The maximum absolute atomic E-state index is 11.8. The molecular formula is C17H20N2O3. The number of hydrogen-bond donors (Lipinski definition) is 2. The Bertz CT molecular complexity index is 644. The third kappa shape index (κ3) is 3.20. The quantitative estimate of drug-likeness (QED) is 0.889. The standard InChI is InChI=1S/C17H20N2O3/c1-11-5-7-13(8-6-11)17-19-14(10-22-17)9-18-16(21)15(20)12-3-2-4-12/h5-8,10,12,15,20H,2-4,9H2,1H3,(H,18,21). The van der Waals surface area contributed by atoms with Gasteiger partial charge in [-0.25, -0.2) is 4.98 Å². The summed E-state index contributed by atoms with van der Waals surface area (Å²) in [4.78, 5) is 16.2. The monoisotopic (exact) mass is 300 g/mol. The Morgan fingerprint density at radius 3 is 2.77 bits per heavy atom. The van der Waals surface area contributed by atoms with Gasteiger partial charge in [0.1, 0.15) is 12.4 Å². The highest BCUT2D eigenvalue weighted by molar-refractivity contribution is 5.80. The van der Waals surface area contributed by atoms with Gasteiger partial charge in [-0.05, 0) is 37.8 Å². The number of aliphatic hydroxyl groups excluding tert-OH is 1. The SMILES string of the molecule is Cc1ccc(-c2nc(CNC(=O)C(O)C3CCC3)co2)cc1. The van der Waals surface area contributed by atoms with E-state index in [4.69, 9.17) is 4.42 Å². The zero-order valence-electron chi connectivity index (χ0n) is 12.6. The van der Waals surface area contributed by atoms with E-state index in [2.05, 4.69) is 10.3 Å². The van der Waals surface area contributed by atoms with Gasteiger partial charge in [0, 0.05) is 5.56 Å². The van der Waals surface area contributed by atoms with Crippen LogP contribution in [0.3, 0.4) is 0 Å². The van der Waals surface area contributed by atoms with Gasteiger partial charge in [-0.2, -0.15) is 0 Å². The Morgan fingerprint density at radius 2 is 2.14 bits per heavy atom. The zero-order valence-corrected chi connectivity index (χ0v) is 12.6. The molecule has 2 N–H and O–H groups in total. The van der Waals surface area contributed by atoms with Crippen molar-refractivity contribution in [2.45, 2.75) is 38.8 Å². The molecule has 2 aromatic rings. The van der Waals surface area contributed by atoms with Crippen LogP contribution in [0.1, 0.15) is 30.5 Å². The fourth-order valence-corrected chi connectivity index (χ4v) is 2.47. The van der Waals surface area contributed by atoms with Crippen molar-refractivity contribution < 1.29 is 14.3 Å². The Morgan fingerprint density at radius 1 is 1.41 bits per heavy atom. The number of carbonyl (C=O) groups is 1. The largest absolute Gasteiger partial charge is 0.444 e. The van der Waals surface area contributed by atoms with Crippen LogP contribution in [0.4, 0.5) is 0 Å². The minimum Gasteiger partial charge on any atom is -0.444 e. The summed E-state index contributed by atoms with van der Waals surface area (Å²) in [6, 6.07) is 7.89. The molecule has 1 aromatic heterocycles. The minimum atomic E-state index is -0.905. The molecule has 1 unspecified atom stereocenters. The van der Waals surface area contributed by atoms with Gasteiger partial charge in [0.2, 0.25) is 11.8 Å². The van der Waals surface area contributed by atoms with Crippen LogP contribution < -0.4 is 5.32 Å². The molecule has 1 amide bonds. The highest BCUT2D eigenvalue weighted by Gasteiger charge is 2.30. The van der Waals surface area contributed by atoms with Crippen molar-refractivity contribution in [1.82, 2.24) is 10.3 Å². The second-order valence-electron chi connectivity index (χ2n) is 5.86. The van der Waals surface area contributed by atoms with Crippen molar-refractivity contribution in [3.8, 4) is 11.5 Å². The van der Waals surface area contributed by atoms with Gasteiger partial charge in [0.25, 0.3) is 0 Å². The molecule has 0 aliphatic heterocycles. The zero-order chi connectivity index (χ0) is 15.5. The van der Waals surface area contributed by atoms with E-state index in [9.17, 15) is 9.90 Å². The van der Waals surface area contributed by atoms with Crippen LogP contribution >= 0.6 is 0 Å². The first-order chi connectivity index (χ1) is 10.6. The van der Waals surface area contributed by atoms with E-state index < -0.39 is 6.10 Å². The smallest absolute Gasteiger partial charge is 0.249 e. The second kappa shape index (κ2) is 6.32. The van der Waals surface area contributed by atoms with Crippen LogP contribution in [0.25, 0.3) is 11.5 Å². The summed E-state index contributed by atoms with van der Waals surface area (Å²) in [7, 11) is 0. The van der Waals surface area contributed by atoms with Crippen LogP contribution in [0.15, 0.2) is 34.9 Å². The highest BCUT2D eigenvalue weighted by Crippen LogP contribution is 2.29. The van der Waals surface area contributed by atoms with Gasteiger partial charge >= 0.3 is 0 Å². The number of carbonyl (C=O) groups excluding carboxylic acids is 1. The van der Waals surface area contributed by atoms with Gasteiger partial charge in [-0.3, -0.25) is 4.79 Å². The molecule has 1 aliphatic carbocycles. The Balaban J connectivity index is 1.57. The number of aromatic nitrogens is 1. The lowest BCUT2D eigenvalue weighted by atomic mass is 9.81. The number of aryl methyl sites for hydroxylation is 1. The maximum atomic E-state index is 11.8. The number of amides is 1. The first kappa shape index (κ1) is 14.8. The Hall–Kier alpha value is -2.14. The predicted molar refractivity (Wildman–Crippen MR) is 81.9 cm³/mol. The number of nitrogens with one attached hydrogen (secondary N) is 1. The lowest BCUT2D eigenvalue weighted by molar-refractivity contribution is -0.134. The molecule has 1 atom stereocenters. The molecule has 3 rings (SSSR count). The first-order valence-electron chi connectivity index (χ1n) is 7.61. The molecule has 5 nitrogen and oxygen atoms in total. The van der Waals surface area contributed by atoms with Gasteiger partial charge in [-0.1, -0.05) is 24.1 Å².